The maximum Gasteiger partial charge on any atom is 0.239 e. The molecule has 1 fully saturated rings. The van der Waals surface area contributed by atoms with Gasteiger partial charge < -0.3 is 4.90 Å². The van der Waals surface area contributed by atoms with Gasteiger partial charge in [0.15, 0.2) is 0 Å². The summed E-state index contributed by atoms with van der Waals surface area (Å²) in [7, 11) is 2.06. The Bertz CT molecular complexity index is 171. The molecule has 0 aromatic heterocycles. The molecular weight excluding hydrogens is 184 g/mol. The molecule has 3 heteroatoms. The summed E-state index contributed by atoms with van der Waals surface area (Å²) < 4.78 is 24.7. The van der Waals surface area contributed by atoms with Gasteiger partial charge in [-0.3, -0.25) is 0 Å². The van der Waals surface area contributed by atoms with Crippen molar-refractivity contribution in [1.29, 1.82) is 0 Å². The predicted molar refractivity (Wildman–Crippen MR) is 54.6 cm³/mol. The molecule has 0 bridgehead atoms. The van der Waals surface area contributed by atoms with Gasteiger partial charge in [0.2, 0.25) is 6.43 Å². The molecule has 84 valence electrons. The summed E-state index contributed by atoms with van der Waals surface area (Å²) in [5, 5.41) is 0. The Morgan fingerprint density at radius 1 is 1.36 bits per heavy atom. The Balaban J connectivity index is 2.60. The van der Waals surface area contributed by atoms with E-state index >= 15 is 0 Å². The van der Waals surface area contributed by atoms with Crippen molar-refractivity contribution in [2.45, 2.75) is 45.6 Å². The molecule has 1 rings (SSSR count). The van der Waals surface area contributed by atoms with E-state index in [0.717, 1.165) is 19.4 Å². The number of likely N-dealkylation sites (tertiary alicyclic amines) is 1. The summed E-state index contributed by atoms with van der Waals surface area (Å²) in [5.41, 5.74) is 0. The van der Waals surface area contributed by atoms with Crippen LogP contribution in [0.25, 0.3) is 0 Å². The van der Waals surface area contributed by atoms with Crippen molar-refractivity contribution in [2.24, 2.45) is 11.8 Å². The lowest BCUT2D eigenvalue weighted by atomic mass is 9.81. The van der Waals surface area contributed by atoms with Gasteiger partial charge in [-0.1, -0.05) is 13.8 Å². The lowest BCUT2D eigenvalue weighted by Gasteiger charge is -2.41. The molecular formula is C11H21F2N. The fourth-order valence-corrected chi connectivity index (χ4v) is 2.82. The van der Waals surface area contributed by atoms with Gasteiger partial charge in [0.05, 0.1) is 0 Å². The molecule has 0 amide bonds. The summed E-state index contributed by atoms with van der Waals surface area (Å²) in [5.74, 6) is 0.665. The number of hydrogen-bond donors (Lipinski definition) is 0. The molecule has 1 saturated heterocycles. The van der Waals surface area contributed by atoms with Crippen LogP contribution in [0.4, 0.5) is 8.78 Å². The average Bonchev–Trinajstić information content (AvgIpc) is 2.01. The second-order valence-corrected chi connectivity index (χ2v) is 4.74. The molecule has 0 N–H and O–H groups in total. The number of piperidine rings is 1. The summed E-state index contributed by atoms with van der Waals surface area (Å²) in [6, 6.07) is 0.345. The first-order chi connectivity index (χ1) is 6.52. The van der Waals surface area contributed by atoms with Crippen molar-refractivity contribution >= 4 is 0 Å². The first kappa shape index (κ1) is 11.9. The molecule has 0 aromatic carbocycles. The Morgan fingerprint density at radius 3 is 2.50 bits per heavy atom. The first-order valence-corrected chi connectivity index (χ1v) is 5.50. The molecule has 14 heavy (non-hydrogen) atoms. The predicted octanol–water partition coefficient (Wildman–Crippen LogP) is 3.01. The van der Waals surface area contributed by atoms with Gasteiger partial charge in [-0.15, -0.1) is 0 Å². The van der Waals surface area contributed by atoms with Crippen LogP contribution in [0.5, 0.6) is 0 Å². The van der Waals surface area contributed by atoms with E-state index in [1.54, 1.807) is 0 Å². The van der Waals surface area contributed by atoms with E-state index in [4.69, 9.17) is 0 Å². The van der Waals surface area contributed by atoms with Gasteiger partial charge in [0.25, 0.3) is 0 Å². The lowest BCUT2D eigenvalue weighted by molar-refractivity contribution is 0.0331. The lowest BCUT2D eigenvalue weighted by Crippen LogP contribution is -2.46. The Hall–Kier alpha value is -0.180. The van der Waals surface area contributed by atoms with Crippen LogP contribution >= 0.6 is 0 Å². The highest BCUT2D eigenvalue weighted by molar-refractivity contribution is 4.85. The zero-order valence-electron chi connectivity index (χ0n) is 9.34. The largest absolute Gasteiger partial charge is 0.303 e. The molecule has 0 aliphatic carbocycles. The van der Waals surface area contributed by atoms with Crippen LogP contribution in [0.3, 0.4) is 0 Å². The van der Waals surface area contributed by atoms with Crippen LogP contribution < -0.4 is 0 Å². The van der Waals surface area contributed by atoms with Crippen LogP contribution in [-0.4, -0.2) is 31.0 Å². The molecule has 0 spiro atoms. The van der Waals surface area contributed by atoms with Crippen molar-refractivity contribution in [3.8, 4) is 0 Å². The molecule has 1 aliphatic heterocycles. The third-order valence-electron chi connectivity index (χ3n) is 3.24. The number of rotatable bonds is 3. The highest BCUT2D eigenvalue weighted by Gasteiger charge is 2.32. The molecule has 0 radical (unpaired) electrons. The molecule has 2 unspecified atom stereocenters. The summed E-state index contributed by atoms with van der Waals surface area (Å²) in [6.07, 6.45) is -0.0327. The van der Waals surface area contributed by atoms with Crippen molar-refractivity contribution in [3.05, 3.63) is 0 Å². The number of halogens is 2. The zero-order valence-corrected chi connectivity index (χ0v) is 9.34. The number of nitrogens with zero attached hydrogens (tertiary/aromatic N) is 1. The highest BCUT2D eigenvalue weighted by atomic mass is 19.3. The van der Waals surface area contributed by atoms with E-state index in [2.05, 4.69) is 25.8 Å². The fourth-order valence-electron chi connectivity index (χ4n) is 2.82. The van der Waals surface area contributed by atoms with Crippen LogP contribution in [0.1, 0.15) is 33.1 Å². The SMILES string of the molecule is CC(C)C1C(CC(F)F)CCCN1C. The standard InChI is InChI=1S/C11H21F2N/c1-8(2)11-9(7-10(12)13)5-4-6-14(11)3/h8-11H,4-7H2,1-3H3. The van der Waals surface area contributed by atoms with Crippen LogP contribution in [0.2, 0.25) is 0 Å². The van der Waals surface area contributed by atoms with E-state index in [9.17, 15) is 8.78 Å². The Labute approximate surface area is 85.5 Å². The number of alkyl halides is 2. The Kier molecular flexibility index (Phi) is 4.30. The second kappa shape index (κ2) is 5.06. The summed E-state index contributed by atoms with van der Waals surface area (Å²) >= 11 is 0. The monoisotopic (exact) mass is 205 g/mol. The third-order valence-corrected chi connectivity index (χ3v) is 3.24. The van der Waals surface area contributed by atoms with Crippen molar-refractivity contribution in [2.75, 3.05) is 13.6 Å². The first-order valence-electron chi connectivity index (χ1n) is 5.50. The maximum atomic E-state index is 12.4. The van der Waals surface area contributed by atoms with Crippen molar-refractivity contribution in [1.82, 2.24) is 4.90 Å². The minimum Gasteiger partial charge on any atom is -0.303 e. The second-order valence-electron chi connectivity index (χ2n) is 4.74. The quantitative estimate of drug-likeness (QED) is 0.684. The van der Waals surface area contributed by atoms with Crippen LogP contribution in [0, 0.1) is 11.8 Å². The van der Waals surface area contributed by atoms with Gasteiger partial charge in [-0.05, 0) is 38.3 Å². The van der Waals surface area contributed by atoms with E-state index in [-0.39, 0.29) is 12.3 Å². The highest BCUT2D eigenvalue weighted by Crippen LogP contribution is 2.31. The summed E-state index contributed by atoms with van der Waals surface area (Å²) in [6.45, 7) is 5.32. The smallest absolute Gasteiger partial charge is 0.239 e. The molecule has 0 saturated carbocycles. The van der Waals surface area contributed by atoms with Crippen LogP contribution in [-0.2, 0) is 0 Å². The number of hydrogen-bond acceptors (Lipinski definition) is 1. The van der Waals surface area contributed by atoms with E-state index < -0.39 is 6.43 Å². The zero-order chi connectivity index (χ0) is 10.7. The van der Waals surface area contributed by atoms with E-state index in [1.165, 1.54) is 0 Å². The Morgan fingerprint density at radius 2 is 2.00 bits per heavy atom. The minimum atomic E-state index is -2.15. The third kappa shape index (κ3) is 2.91. The van der Waals surface area contributed by atoms with Gasteiger partial charge in [0.1, 0.15) is 0 Å². The van der Waals surface area contributed by atoms with Gasteiger partial charge in [-0.2, -0.15) is 0 Å². The van der Waals surface area contributed by atoms with Crippen molar-refractivity contribution < 1.29 is 8.78 Å². The van der Waals surface area contributed by atoms with Gasteiger partial charge >= 0.3 is 0 Å². The molecule has 1 heterocycles. The molecule has 0 aromatic rings. The molecule has 2 atom stereocenters. The normalized spacial score (nSPS) is 30.2. The topological polar surface area (TPSA) is 3.24 Å². The maximum absolute atomic E-state index is 12.4. The van der Waals surface area contributed by atoms with E-state index in [0.29, 0.717) is 12.0 Å². The summed E-state index contributed by atoms with van der Waals surface area (Å²) in [4.78, 5) is 2.25. The van der Waals surface area contributed by atoms with E-state index in [1.807, 2.05) is 0 Å². The van der Waals surface area contributed by atoms with Crippen molar-refractivity contribution in [3.63, 3.8) is 0 Å². The minimum absolute atomic E-state index is 0.0766. The fraction of sp³-hybridized carbons (Fsp3) is 1.00. The van der Waals surface area contributed by atoms with Gasteiger partial charge in [-0.25, -0.2) is 8.78 Å². The molecule has 1 nitrogen and oxygen atoms in total. The molecule has 1 aliphatic rings. The van der Waals surface area contributed by atoms with Gasteiger partial charge in [0, 0.05) is 12.5 Å². The average molecular weight is 205 g/mol. The van der Waals surface area contributed by atoms with Crippen LogP contribution in [0.15, 0.2) is 0 Å².